The van der Waals surface area contributed by atoms with Gasteiger partial charge in [-0.15, -0.1) is 24.0 Å². The third kappa shape index (κ3) is 6.95. The van der Waals surface area contributed by atoms with Crippen LogP contribution in [0.2, 0.25) is 0 Å². The maximum atomic E-state index is 5.31. The average Bonchev–Trinajstić information content (AvgIpc) is 2.45. The van der Waals surface area contributed by atoms with Gasteiger partial charge in [-0.25, -0.2) is 4.99 Å². The van der Waals surface area contributed by atoms with Gasteiger partial charge in [0, 0.05) is 25.8 Å². The van der Waals surface area contributed by atoms with E-state index in [1.54, 1.807) is 14.2 Å². The maximum absolute atomic E-state index is 5.31. The van der Waals surface area contributed by atoms with Crippen molar-refractivity contribution in [2.24, 2.45) is 4.99 Å². The molecule has 0 amide bonds. The first-order valence-corrected chi connectivity index (χ1v) is 6.44. The number of ether oxygens (including phenoxy) is 2. The number of nitrogens with one attached hydrogen (secondary N) is 2. The second kappa shape index (κ2) is 11.8. The van der Waals surface area contributed by atoms with Gasteiger partial charge in [-0.05, 0) is 13.0 Å². The summed E-state index contributed by atoms with van der Waals surface area (Å²) in [5.41, 5.74) is 1.06. The van der Waals surface area contributed by atoms with Gasteiger partial charge in [0.2, 0.25) is 0 Å². The monoisotopic (exact) mass is 393 g/mol. The molecule has 0 spiro atoms. The third-order valence-corrected chi connectivity index (χ3v) is 2.54. The van der Waals surface area contributed by atoms with E-state index in [0.29, 0.717) is 13.2 Å². The molecule has 0 aliphatic rings. The Balaban J connectivity index is 0.00000361. The Hall–Kier alpha value is -1.02. The summed E-state index contributed by atoms with van der Waals surface area (Å²) in [5, 5.41) is 6.39. The first-order valence-electron chi connectivity index (χ1n) is 6.44. The minimum atomic E-state index is 0. The number of aliphatic imine (C=N–C) groups is 1. The van der Waals surface area contributed by atoms with Crippen molar-refractivity contribution in [3.8, 4) is 5.75 Å². The van der Waals surface area contributed by atoms with Gasteiger partial charge in [-0.2, -0.15) is 0 Å². The summed E-state index contributed by atoms with van der Waals surface area (Å²) in [6.07, 6.45) is 0. The predicted molar refractivity (Wildman–Crippen MR) is 93.1 cm³/mol. The molecule has 0 heterocycles. The highest BCUT2D eigenvalue weighted by Crippen LogP contribution is 2.17. The third-order valence-electron chi connectivity index (χ3n) is 2.54. The van der Waals surface area contributed by atoms with Gasteiger partial charge in [-0.1, -0.05) is 18.2 Å². The molecule has 0 bridgehead atoms. The molecule has 1 rings (SSSR count). The molecule has 2 N–H and O–H groups in total. The fourth-order valence-electron chi connectivity index (χ4n) is 1.61. The minimum absolute atomic E-state index is 0. The zero-order chi connectivity index (χ0) is 13.9. The number of benzene rings is 1. The molecule has 0 saturated carbocycles. The van der Waals surface area contributed by atoms with E-state index in [0.717, 1.165) is 30.4 Å². The number of rotatable bonds is 7. The molecular weight excluding hydrogens is 369 g/mol. The molecule has 0 radical (unpaired) electrons. The van der Waals surface area contributed by atoms with Crippen LogP contribution in [-0.4, -0.2) is 39.9 Å². The van der Waals surface area contributed by atoms with Crippen molar-refractivity contribution in [1.29, 1.82) is 0 Å². The summed E-state index contributed by atoms with van der Waals surface area (Å²) in [5.74, 6) is 1.64. The van der Waals surface area contributed by atoms with Gasteiger partial charge < -0.3 is 20.1 Å². The van der Waals surface area contributed by atoms with Crippen LogP contribution in [0.1, 0.15) is 12.5 Å². The van der Waals surface area contributed by atoms with Crippen molar-refractivity contribution in [1.82, 2.24) is 10.6 Å². The molecule has 6 heteroatoms. The van der Waals surface area contributed by atoms with E-state index in [9.17, 15) is 0 Å². The van der Waals surface area contributed by atoms with Crippen molar-refractivity contribution in [3.63, 3.8) is 0 Å². The van der Waals surface area contributed by atoms with Crippen molar-refractivity contribution in [3.05, 3.63) is 29.8 Å². The molecule has 0 aliphatic heterocycles. The van der Waals surface area contributed by atoms with Crippen LogP contribution in [0, 0.1) is 0 Å². The Kier molecular flexibility index (Phi) is 11.2. The normalized spacial score (nSPS) is 10.7. The second-order valence-corrected chi connectivity index (χ2v) is 3.93. The van der Waals surface area contributed by atoms with Crippen molar-refractivity contribution >= 4 is 29.9 Å². The summed E-state index contributed by atoms with van der Waals surface area (Å²) < 4.78 is 10.3. The lowest BCUT2D eigenvalue weighted by atomic mass is 10.2. The summed E-state index contributed by atoms with van der Waals surface area (Å²) in [4.78, 5) is 4.52. The van der Waals surface area contributed by atoms with Gasteiger partial charge in [0.1, 0.15) is 5.75 Å². The van der Waals surface area contributed by atoms with Crippen LogP contribution in [0.3, 0.4) is 0 Å². The van der Waals surface area contributed by atoms with Crippen molar-refractivity contribution in [2.45, 2.75) is 13.5 Å². The molecule has 1 aromatic carbocycles. The maximum Gasteiger partial charge on any atom is 0.191 e. The number of hydrogen-bond donors (Lipinski definition) is 2. The van der Waals surface area contributed by atoms with Crippen LogP contribution in [-0.2, 0) is 11.3 Å². The van der Waals surface area contributed by atoms with Crippen LogP contribution in [0.15, 0.2) is 29.3 Å². The standard InChI is InChI=1S/C14H23N3O2.HI/c1-4-15-14(16-9-10-18-2)17-11-12-7-5-6-8-13(12)19-3;/h5-8H,4,9-11H2,1-3H3,(H2,15,16,17);1H. The van der Waals surface area contributed by atoms with Crippen LogP contribution < -0.4 is 15.4 Å². The van der Waals surface area contributed by atoms with Crippen LogP contribution in [0.4, 0.5) is 0 Å². The molecule has 0 fully saturated rings. The lowest BCUT2D eigenvalue weighted by Gasteiger charge is -2.11. The lowest BCUT2D eigenvalue weighted by Crippen LogP contribution is -2.38. The SMILES string of the molecule is CCNC(=NCc1ccccc1OC)NCCOC.I. The topological polar surface area (TPSA) is 54.9 Å². The average molecular weight is 393 g/mol. The zero-order valence-corrected chi connectivity index (χ0v) is 14.6. The highest BCUT2D eigenvalue weighted by molar-refractivity contribution is 14.0. The number of halogens is 1. The molecule has 114 valence electrons. The van der Waals surface area contributed by atoms with E-state index in [4.69, 9.17) is 9.47 Å². The van der Waals surface area contributed by atoms with Crippen LogP contribution in [0.25, 0.3) is 0 Å². The van der Waals surface area contributed by atoms with Gasteiger partial charge in [-0.3, -0.25) is 0 Å². The van der Waals surface area contributed by atoms with Crippen LogP contribution >= 0.6 is 24.0 Å². The Morgan fingerprint density at radius 2 is 1.95 bits per heavy atom. The lowest BCUT2D eigenvalue weighted by molar-refractivity contribution is 0.203. The Morgan fingerprint density at radius 1 is 1.20 bits per heavy atom. The highest BCUT2D eigenvalue weighted by atomic mass is 127. The molecule has 0 aromatic heterocycles. The highest BCUT2D eigenvalue weighted by Gasteiger charge is 2.01. The van der Waals surface area contributed by atoms with E-state index in [-0.39, 0.29) is 24.0 Å². The Bertz CT molecular complexity index is 400. The van der Waals surface area contributed by atoms with E-state index in [1.807, 2.05) is 31.2 Å². The van der Waals surface area contributed by atoms with Crippen molar-refractivity contribution < 1.29 is 9.47 Å². The molecule has 0 atom stereocenters. The van der Waals surface area contributed by atoms with E-state index >= 15 is 0 Å². The molecular formula is C14H24IN3O2. The Labute approximate surface area is 138 Å². The van der Waals surface area contributed by atoms with Crippen molar-refractivity contribution in [2.75, 3.05) is 33.9 Å². The molecule has 0 saturated heterocycles. The Morgan fingerprint density at radius 3 is 2.60 bits per heavy atom. The van der Waals surface area contributed by atoms with Gasteiger partial charge in [0.15, 0.2) is 5.96 Å². The number of para-hydroxylation sites is 1. The first-order chi connectivity index (χ1) is 9.31. The number of guanidine groups is 1. The number of nitrogens with zero attached hydrogens (tertiary/aromatic N) is 1. The zero-order valence-electron chi connectivity index (χ0n) is 12.3. The molecule has 1 aromatic rings. The molecule has 0 aliphatic carbocycles. The van der Waals surface area contributed by atoms with Gasteiger partial charge in [0.05, 0.1) is 20.3 Å². The molecule has 0 unspecified atom stereocenters. The predicted octanol–water partition coefficient (Wildman–Crippen LogP) is 2.01. The van der Waals surface area contributed by atoms with Gasteiger partial charge >= 0.3 is 0 Å². The van der Waals surface area contributed by atoms with E-state index in [1.165, 1.54) is 0 Å². The fourth-order valence-corrected chi connectivity index (χ4v) is 1.61. The summed E-state index contributed by atoms with van der Waals surface area (Å²) in [6.45, 7) is 4.82. The smallest absolute Gasteiger partial charge is 0.191 e. The van der Waals surface area contributed by atoms with Gasteiger partial charge in [0.25, 0.3) is 0 Å². The largest absolute Gasteiger partial charge is 0.496 e. The summed E-state index contributed by atoms with van der Waals surface area (Å²) in [7, 11) is 3.35. The first kappa shape index (κ1) is 19.0. The van der Waals surface area contributed by atoms with E-state index < -0.39 is 0 Å². The number of methoxy groups -OCH3 is 2. The van der Waals surface area contributed by atoms with E-state index in [2.05, 4.69) is 15.6 Å². The quantitative estimate of drug-likeness (QED) is 0.322. The minimum Gasteiger partial charge on any atom is -0.496 e. The second-order valence-electron chi connectivity index (χ2n) is 3.93. The molecule has 5 nitrogen and oxygen atoms in total. The molecule has 20 heavy (non-hydrogen) atoms. The fraction of sp³-hybridized carbons (Fsp3) is 0.500. The summed E-state index contributed by atoms with van der Waals surface area (Å²) >= 11 is 0. The van der Waals surface area contributed by atoms with Crippen LogP contribution in [0.5, 0.6) is 5.75 Å². The summed E-state index contributed by atoms with van der Waals surface area (Å²) in [6, 6.07) is 7.89. The number of hydrogen-bond acceptors (Lipinski definition) is 3.